The molecule has 34 heavy (non-hydrogen) atoms. The minimum absolute atomic E-state index is 0.0462. The first-order chi connectivity index (χ1) is 16.5. The summed E-state index contributed by atoms with van der Waals surface area (Å²) in [7, 11) is 0. The summed E-state index contributed by atoms with van der Waals surface area (Å²) >= 11 is 0. The number of hydrogen-bond acceptors (Lipinski definition) is 4. The van der Waals surface area contributed by atoms with E-state index >= 15 is 0 Å². The van der Waals surface area contributed by atoms with Crippen molar-refractivity contribution in [2.75, 3.05) is 25.0 Å². The van der Waals surface area contributed by atoms with Crippen LogP contribution >= 0.6 is 0 Å². The Labute approximate surface area is 195 Å². The Morgan fingerprint density at radius 3 is 2.50 bits per heavy atom. The molecular weight excluding hydrogens is 435 g/mol. The Balaban J connectivity index is 1.42. The maximum Gasteiger partial charge on any atom is 0.256 e. The summed E-state index contributed by atoms with van der Waals surface area (Å²) in [6, 6.07) is 18.6. The van der Waals surface area contributed by atoms with Gasteiger partial charge in [-0.05, 0) is 48.0 Å². The Kier molecular flexibility index (Phi) is 5.30. The Hall–Kier alpha value is -4.51. The van der Waals surface area contributed by atoms with Crippen molar-refractivity contribution in [1.82, 2.24) is 9.80 Å². The lowest BCUT2D eigenvalue weighted by molar-refractivity contribution is -0.121. The van der Waals surface area contributed by atoms with Gasteiger partial charge in [-0.25, -0.2) is 4.39 Å². The van der Waals surface area contributed by atoms with Crippen LogP contribution in [0.4, 0.5) is 10.1 Å². The summed E-state index contributed by atoms with van der Waals surface area (Å²) in [5.41, 5.74) is 2.39. The van der Waals surface area contributed by atoms with E-state index in [0.717, 1.165) is 0 Å². The third kappa shape index (κ3) is 3.67. The van der Waals surface area contributed by atoms with E-state index in [0.29, 0.717) is 27.9 Å². The second kappa shape index (κ2) is 8.45. The van der Waals surface area contributed by atoms with E-state index in [2.05, 4.69) is 5.32 Å². The molecular formula is C26H19FN4O3. The van der Waals surface area contributed by atoms with Crippen LogP contribution in [0.3, 0.4) is 0 Å². The van der Waals surface area contributed by atoms with Gasteiger partial charge in [-0.3, -0.25) is 14.4 Å². The number of nitrogens with one attached hydrogen (secondary N) is 1. The van der Waals surface area contributed by atoms with Crippen LogP contribution in [0.1, 0.15) is 26.3 Å². The van der Waals surface area contributed by atoms with E-state index in [1.54, 1.807) is 60.7 Å². The van der Waals surface area contributed by atoms with Crippen molar-refractivity contribution in [3.8, 4) is 17.2 Å². The average molecular weight is 454 g/mol. The first kappa shape index (κ1) is 21.3. The third-order valence-corrected chi connectivity index (χ3v) is 6.18. The summed E-state index contributed by atoms with van der Waals surface area (Å²) in [5.74, 6) is -1.40. The largest absolute Gasteiger partial charge is 0.334 e. The Morgan fingerprint density at radius 1 is 1.00 bits per heavy atom. The first-order valence-electron chi connectivity index (χ1n) is 10.8. The second-order valence-corrected chi connectivity index (χ2v) is 8.18. The monoisotopic (exact) mass is 454 g/mol. The fraction of sp³-hybridized carbons (Fsp3) is 0.154. The number of carbonyl (C=O) groups excluding carboxylic acids is 3. The zero-order chi connectivity index (χ0) is 23.8. The molecule has 5 rings (SSSR count). The van der Waals surface area contributed by atoms with Crippen LogP contribution in [0.25, 0.3) is 11.1 Å². The van der Waals surface area contributed by atoms with Crippen molar-refractivity contribution < 1.29 is 18.8 Å². The number of benzene rings is 3. The van der Waals surface area contributed by atoms with Crippen LogP contribution in [-0.4, -0.2) is 53.2 Å². The quantitative estimate of drug-likeness (QED) is 0.643. The Bertz CT molecular complexity index is 1360. The number of nitrogens with zero attached hydrogens (tertiary/aromatic N) is 3. The highest BCUT2D eigenvalue weighted by atomic mass is 19.1. The zero-order valence-electron chi connectivity index (χ0n) is 18.0. The van der Waals surface area contributed by atoms with Gasteiger partial charge < -0.3 is 15.1 Å². The molecule has 7 nitrogen and oxygen atoms in total. The molecule has 0 radical (unpaired) electrons. The number of carbonyl (C=O) groups is 3. The van der Waals surface area contributed by atoms with E-state index in [4.69, 9.17) is 5.26 Å². The smallest absolute Gasteiger partial charge is 0.256 e. The molecule has 3 aromatic rings. The van der Waals surface area contributed by atoms with Crippen molar-refractivity contribution in [2.24, 2.45) is 0 Å². The number of hydrogen-bond donors (Lipinski definition) is 1. The molecule has 0 spiro atoms. The maximum atomic E-state index is 14.3. The molecule has 0 unspecified atom stereocenters. The highest BCUT2D eigenvalue weighted by Crippen LogP contribution is 2.31. The van der Waals surface area contributed by atoms with Gasteiger partial charge in [0.05, 0.1) is 29.4 Å². The lowest BCUT2D eigenvalue weighted by Gasteiger charge is -2.39. The van der Waals surface area contributed by atoms with Crippen molar-refractivity contribution in [3.05, 3.63) is 89.2 Å². The molecule has 3 amide bonds. The highest BCUT2D eigenvalue weighted by molar-refractivity contribution is 6.11. The van der Waals surface area contributed by atoms with Crippen molar-refractivity contribution in [1.29, 1.82) is 5.26 Å². The van der Waals surface area contributed by atoms with Gasteiger partial charge >= 0.3 is 0 Å². The fourth-order valence-corrected chi connectivity index (χ4v) is 4.37. The average Bonchev–Trinajstić information content (AvgIpc) is 2.97. The molecule has 1 atom stereocenters. The van der Waals surface area contributed by atoms with E-state index in [-0.39, 0.29) is 42.9 Å². The highest BCUT2D eigenvalue weighted by Gasteiger charge is 2.40. The SMILES string of the molecule is N#Cc1ccc(C(=O)N2CCN3C(=O)c4cc(-c5ccccc5F)ccc4NC(=O)[C@@H]3C2)cc1. The normalized spacial score (nSPS) is 17.2. The third-order valence-electron chi connectivity index (χ3n) is 6.18. The molecule has 2 aliphatic heterocycles. The van der Waals surface area contributed by atoms with Gasteiger partial charge in [0.1, 0.15) is 11.9 Å². The van der Waals surface area contributed by atoms with Crippen molar-refractivity contribution >= 4 is 23.4 Å². The first-order valence-corrected chi connectivity index (χ1v) is 10.8. The minimum Gasteiger partial charge on any atom is -0.334 e. The van der Waals surface area contributed by atoms with Crippen LogP contribution < -0.4 is 5.32 Å². The molecule has 8 heteroatoms. The number of fused-ring (bicyclic) bond motifs is 2. The van der Waals surface area contributed by atoms with Crippen LogP contribution in [-0.2, 0) is 4.79 Å². The van der Waals surface area contributed by atoms with E-state index in [1.807, 2.05) is 6.07 Å². The number of nitriles is 1. The topological polar surface area (TPSA) is 93.5 Å². The summed E-state index contributed by atoms with van der Waals surface area (Å²) in [4.78, 5) is 42.4. The van der Waals surface area contributed by atoms with E-state index < -0.39 is 11.9 Å². The van der Waals surface area contributed by atoms with Gasteiger partial charge in [0.25, 0.3) is 11.8 Å². The minimum atomic E-state index is -0.854. The maximum absolute atomic E-state index is 14.3. The molecule has 1 saturated heterocycles. The molecule has 2 heterocycles. The molecule has 1 N–H and O–H groups in total. The lowest BCUT2D eigenvalue weighted by atomic mass is 10.0. The van der Waals surface area contributed by atoms with E-state index in [9.17, 15) is 18.8 Å². The molecule has 1 fully saturated rings. The predicted molar refractivity (Wildman–Crippen MR) is 122 cm³/mol. The van der Waals surface area contributed by atoms with Gasteiger partial charge in [-0.15, -0.1) is 0 Å². The standard InChI is InChI=1S/C26H19FN4O3/c27-21-4-2-1-3-19(21)18-9-10-22-20(13-18)26(34)31-12-11-30(15-23(31)24(32)29-22)25(33)17-7-5-16(14-28)6-8-17/h1-10,13,23H,11-12,15H2,(H,29,32)/t23-/m0/s1. The van der Waals surface area contributed by atoms with Crippen molar-refractivity contribution in [2.45, 2.75) is 6.04 Å². The molecule has 0 aromatic heterocycles. The number of rotatable bonds is 2. The number of halogens is 1. The number of piperazine rings is 1. The molecule has 0 saturated carbocycles. The van der Waals surface area contributed by atoms with Crippen LogP contribution in [0.5, 0.6) is 0 Å². The van der Waals surface area contributed by atoms with Crippen molar-refractivity contribution in [3.63, 3.8) is 0 Å². The van der Waals surface area contributed by atoms with E-state index in [1.165, 1.54) is 15.9 Å². The van der Waals surface area contributed by atoms with Crippen LogP contribution in [0.15, 0.2) is 66.7 Å². The summed E-state index contributed by atoms with van der Waals surface area (Å²) in [6.45, 7) is 0.490. The molecule has 0 bridgehead atoms. The molecule has 0 aliphatic carbocycles. The van der Waals surface area contributed by atoms with Gasteiger partial charge in [0, 0.05) is 24.2 Å². The van der Waals surface area contributed by atoms with Gasteiger partial charge in [-0.1, -0.05) is 24.3 Å². The van der Waals surface area contributed by atoms with Crippen LogP contribution in [0, 0.1) is 17.1 Å². The zero-order valence-corrected chi connectivity index (χ0v) is 18.0. The second-order valence-electron chi connectivity index (χ2n) is 8.18. The van der Waals surface area contributed by atoms with Gasteiger partial charge in [0.2, 0.25) is 5.91 Å². The number of amides is 3. The fourth-order valence-electron chi connectivity index (χ4n) is 4.37. The van der Waals surface area contributed by atoms with Crippen LogP contribution in [0.2, 0.25) is 0 Å². The van der Waals surface area contributed by atoms with Gasteiger partial charge in [-0.2, -0.15) is 5.26 Å². The summed E-state index contributed by atoms with van der Waals surface area (Å²) < 4.78 is 14.3. The van der Waals surface area contributed by atoms with Gasteiger partial charge in [0.15, 0.2) is 0 Å². The molecule has 3 aromatic carbocycles. The summed E-state index contributed by atoms with van der Waals surface area (Å²) in [5, 5.41) is 11.7. The molecule has 168 valence electrons. The summed E-state index contributed by atoms with van der Waals surface area (Å²) in [6.07, 6.45) is 0. The molecule has 2 aliphatic rings. The number of anilines is 1. The Morgan fingerprint density at radius 2 is 1.76 bits per heavy atom. The lowest BCUT2D eigenvalue weighted by Crippen LogP contribution is -2.59. The predicted octanol–water partition coefficient (Wildman–Crippen LogP) is 3.28.